The number of esters is 1. The molecular weight excluding hydrogens is 518 g/mol. The molecule has 0 aliphatic carbocycles. The van der Waals surface area contributed by atoms with Crippen LogP contribution >= 0.6 is 15.9 Å². The van der Waals surface area contributed by atoms with Gasteiger partial charge in [0.1, 0.15) is 17.2 Å². The van der Waals surface area contributed by atoms with Crippen molar-refractivity contribution in [3.05, 3.63) is 82.3 Å². The number of halogens is 1. The minimum absolute atomic E-state index is 0.106. The van der Waals surface area contributed by atoms with Crippen molar-refractivity contribution in [1.82, 2.24) is 14.5 Å². The first-order chi connectivity index (χ1) is 16.5. The van der Waals surface area contributed by atoms with Crippen LogP contribution in [-0.2, 0) is 4.74 Å². The second kappa shape index (κ2) is 10.7. The van der Waals surface area contributed by atoms with E-state index in [0.717, 1.165) is 4.57 Å². The maximum atomic E-state index is 12.6. The molecule has 3 rings (SSSR count). The number of carbonyl (C=O) groups is 3. The van der Waals surface area contributed by atoms with Gasteiger partial charge >= 0.3 is 18.2 Å². The van der Waals surface area contributed by atoms with E-state index in [0.29, 0.717) is 21.3 Å². The van der Waals surface area contributed by atoms with Gasteiger partial charge < -0.3 is 19.5 Å². The van der Waals surface area contributed by atoms with Crippen LogP contribution in [0.15, 0.2) is 65.4 Å². The van der Waals surface area contributed by atoms with Gasteiger partial charge in [-0.1, -0.05) is 24.3 Å². The van der Waals surface area contributed by atoms with Crippen molar-refractivity contribution in [3.63, 3.8) is 0 Å². The van der Waals surface area contributed by atoms with Crippen LogP contribution in [0.4, 0.5) is 9.59 Å². The fourth-order valence-electron chi connectivity index (χ4n) is 3.32. The summed E-state index contributed by atoms with van der Waals surface area (Å²) in [5, 5.41) is 9.58. The lowest BCUT2D eigenvalue weighted by Gasteiger charge is -2.27. The van der Waals surface area contributed by atoms with E-state index in [4.69, 9.17) is 9.47 Å². The Labute approximate surface area is 211 Å². The number of likely N-dealkylation sites (N-methyl/N-ethyl adjacent to an activating group) is 1. The highest BCUT2D eigenvalue weighted by atomic mass is 79.9. The fraction of sp³-hybridized carbons (Fsp3) is 0.280. The number of nitrogens with zero attached hydrogens (tertiary/aromatic N) is 3. The topological polar surface area (TPSA) is 111 Å². The molecule has 0 fully saturated rings. The van der Waals surface area contributed by atoms with E-state index < -0.39 is 29.7 Å². The summed E-state index contributed by atoms with van der Waals surface area (Å²) in [5.41, 5.74) is 0.381. The molecule has 10 heteroatoms. The second-order valence-electron chi connectivity index (χ2n) is 8.79. The first-order valence-corrected chi connectivity index (χ1v) is 11.5. The Kier molecular flexibility index (Phi) is 7.96. The Morgan fingerprint density at radius 1 is 1.11 bits per heavy atom. The average Bonchev–Trinajstić information content (AvgIpc) is 3.27. The van der Waals surface area contributed by atoms with Gasteiger partial charge in [-0.25, -0.2) is 23.9 Å². The number of rotatable bonds is 6. The molecule has 0 bridgehead atoms. The molecule has 1 atom stereocenters. The molecule has 0 aliphatic heterocycles. The highest BCUT2D eigenvalue weighted by molar-refractivity contribution is 9.10. The monoisotopic (exact) mass is 543 g/mol. The van der Waals surface area contributed by atoms with Gasteiger partial charge in [0.25, 0.3) is 0 Å². The maximum absolute atomic E-state index is 12.6. The highest BCUT2D eigenvalue weighted by Crippen LogP contribution is 2.28. The number of hydrogen-bond donors (Lipinski definition) is 1. The van der Waals surface area contributed by atoms with E-state index in [-0.39, 0.29) is 12.4 Å². The molecule has 3 aromatic rings. The summed E-state index contributed by atoms with van der Waals surface area (Å²) < 4.78 is 12.5. The lowest BCUT2D eigenvalue weighted by Crippen LogP contribution is -2.37. The lowest BCUT2D eigenvalue weighted by atomic mass is 9.97. The number of carbonyl (C=O) groups excluding carboxylic acids is 2. The number of ether oxygens (including phenoxy) is 2. The van der Waals surface area contributed by atoms with Crippen molar-refractivity contribution in [2.24, 2.45) is 0 Å². The number of imidazole rings is 1. The van der Waals surface area contributed by atoms with Gasteiger partial charge in [0.05, 0.1) is 11.5 Å². The summed E-state index contributed by atoms with van der Waals surface area (Å²) in [7, 11) is 1.57. The molecule has 35 heavy (non-hydrogen) atoms. The third-order valence-corrected chi connectivity index (χ3v) is 5.63. The van der Waals surface area contributed by atoms with Gasteiger partial charge in [-0.2, -0.15) is 0 Å². The Balaban J connectivity index is 1.87. The number of aromatic nitrogens is 2. The Hall–Kier alpha value is -3.66. The Bertz CT molecular complexity index is 1220. The van der Waals surface area contributed by atoms with Crippen LogP contribution in [0.1, 0.15) is 48.4 Å². The molecule has 1 heterocycles. The first kappa shape index (κ1) is 26.0. The Morgan fingerprint density at radius 3 is 2.37 bits per heavy atom. The van der Waals surface area contributed by atoms with Gasteiger partial charge in [0.2, 0.25) is 0 Å². The van der Waals surface area contributed by atoms with Crippen LogP contribution in [0.5, 0.6) is 5.75 Å². The molecule has 9 nitrogen and oxygen atoms in total. The average molecular weight is 544 g/mol. The van der Waals surface area contributed by atoms with Crippen molar-refractivity contribution >= 4 is 34.1 Å². The zero-order valence-electron chi connectivity index (χ0n) is 19.8. The van der Waals surface area contributed by atoms with Crippen LogP contribution in [0.3, 0.4) is 0 Å². The fourth-order valence-corrected chi connectivity index (χ4v) is 3.76. The summed E-state index contributed by atoms with van der Waals surface area (Å²) in [4.78, 5) is 42.4. The molecule has 2 aromatic carbocycles. The molecule has 0 saturated heterocycles. The van der Waals surface area contributed by atoms with Gasteiger partial charge in [-0.05, 0) is 66.5 Å². The van der Waals surface area contributed by atoms with Gasteiger partial charge in [0, 0.05) is 30.5 Å². The molecule has 0 aliphatic rings. The molecular formula is C25H26BrN3O6. The zero-order chi connectivity index (χ0) is 25.8. The predicted molar refractivity (Wildman–Crippen MR) is 132 cm³/mol. The third-order valence-electron chi connectivity index (χ3n) is 4.94. The molecule has 0 radical (unpaired) electrons. The van der Waals surface area contributed by atoms with Crippen LogP contribution in [0.25, 0.3) is 0 Å². The summed E-state index contributed by atoms with van der Waals surface area (Å²) in [5.74, 6) is -0.555. The van der Waals surface area contributed by atoms with Crippen molar-refractivity contribution in [2.75, 3.05) is 13.6 Å². The Morgan fingerprint density at radius 2 is 1.77 bits per heavy atom. The summed E-state index contributed by atoms with van der Waals surface area (Å²) in [6.45, 7) is 5.40. The molecule has 1 N–H and O–H groups in total. The van der Waals surface area contributed by atoms with E-state index in [9.17, 15) is 19.5 Å². The van der Waals surface area contributed by atoms with Crippen molar-refractivity contribution in [1.29, 1.82) is 0 Å². The third kappa shape index (κ3) is 6.69. The van der Waals surface area contributed by atoms with E-state index in [1.807, 2.05) is 0 Å². The van der Waals surface area contributed by atoms with Crippen molar-refractivity contribution in [2.45, 2.75) is 32.3 Å². The van der Waals surface area contributed by atoms with Crippen LogP contribution < -0.4 is 4.74 Å². The second-order valence-corrected chi connectivity index (χ2v) is 9.64. The van der Waals surface area contributed by atoms with E-state index in [2.05, 4.69) is 20.9 Å². The van der Waals surface area contributed by atoms with E-state index in [1.54, 1.807) is 76.3 Å². The van der Waals surface area contributed by atoms with Crippen LogP contribution in [0.2, 0.25) is 0 Å². The van der Waals surface area contributed by atoms with Crippen LogP contribution in [-0.4, -0.2) is 56.9 Å². The SMILES string of the molecule is CN(CC(c1ccc(OC(=O)c2ccccc2Br)cc1)c1nccn1C(=O)O)C(=O)OC(C)(C)C. The first-order valence-electron chi connectivity index (χ1n) is 10.7. The molecule has 0 saturated carbocycles. The standard InChI is InChI=1S/C25H26BrN3O6/c1-25(2,3)35-24(33)28(4)15-19(21-27-13-14-29(21)23(31)32)16-9-11-17(12-10-16)34-22(30)18-7-5-6-8-20(18)26/h5-14,19H,15H2,1-4H3,(H,31,32). The molecule has 0 spiro atoms. The highest BCUT2D eigenvalue weighted by Gasteiger charge is 2.27. The van der Waals surface area contributed by atoms with Gasteiger partial charge in [-0.15, -0.1) is 0 Å². The quantitative estimate of drug-likeness (QED) is 0.327. The molecule has 1 unspecified atom stereocenters. The minimum atomic E-state index is -1.19. The maximum Gasteiger partial charge on any atom is 0.417 e. The minimum Gasteiger partial charge on any atom is -0.464 e. The van der Waals surface area contributed by atoms with Crippen molar-refractivity contribution in [3.8, 4) is 5.75 Å². The number of hydrogen-bond acceptors (Lipinski definition) is 6. The lowest BCUT2D eigenvalue weighted by molar-refractivity contribution is 0.0292. The molecule has 1 aromatic heterocycles. The van der Waals surface area contributed by atoms with Crippen LogP contribution in [0, 0.1) is 0 Å². The van der Waals surface area contributed by atoms with E-state index >= 15 is 0 Å². The number of benzene rings is 2. The number of carboxylic acid groups (broad SMARTS) is 1. The number of amides is 1. The molecule has 184 valence electrons. The normalized spacial score (nSPS) is 12.0. The predicted octanol–water partition coefficient (Wildman–Crippen LogP) is 5.39. The summed E-state index contributed by atoms with van der Waals surface area (Å²) in [6.07, 6.45) is 0.986. The smallest absolute Gasteiger partial charge is 0.417 e. The summed E-state index contributed by atoms with van der Waals surface area (Å²) >= 11 is 3.33. The van der Waals surface area contributed by atoms with Crippen molar-refractivity contribution < 1.29 is 29.0 Å². The molecule has 1 amide bonds. The zero-order valence-corrected chi connectivity index (χ0v) is 21.4. The van der Waals surface area contributed by atoms with Gasteiger partial charge in [0.15, 0.2) is 0 Å². The van der Waals surface area contributed by atoms with Gasteiger partial charge in [-0.3, -0.25) is 0 Å². The largest absolute Gasteiger partial charge is 0.464 e. The summed E-state index contributed by atoms with van der Waals surface area (Å²) in [6, 6.07) is 13.6. The van der Waals surface area contributed by atoms with E-state index in [1.165, 1.54) is 17.3 Å².